The van der Waals surface area contributed by atoms with Crippen LogP contribution in [0.1, 0.15) is 44.6 Å². The van der Waals surface area contributed by atoms with Gasteiger partial charge in [0.05, 0.1) is 0 Å². The molecule has 14 heavy (non-hydrogen) atoms. The summed E-state index contributed by atoms with van der Waals surface area (Å²) in [5.74, 6) is 0. The molecule has 0 saturated heterocycles. The second-order valence-electron chi connectivity index (χ2n) is 3.81. The van der Waals surface area contributed by atoms with Crippen molar-refractivity contribution in [2.75, 3.05) is 0 Å². The summed E-state index contributed by atoms with van der Waals surface area (Å²) >= 11 is 5.04. The van der Waals surface area contributed by atoms with Crippen LogP contribution in [-0.2, 0) is 6.42 Å². The third kappa shape index (κ3) is 4.61. The molecule has 0 aliphatic heterocycles. The molecular weight excluding hydrogens is 188 g/mol. The van der Waals surface area contributed by atoms with Crippen molar-refractivity contribution in [2.24, 2.45) is 0 Å². The fourth-order valence-electron chi connectivity index (χ4n) is 1.59. The monoisotopic (exact) mass is 207 g/mol. The number of benzene rings is 1. The Kier molecular flexibility index (Phi) is 5.62. The highest BCUT2D eigenvalue weighted by atomic mass is 32.1. The Balaban J connectivity index is 2.15. The van der Waals surface area contributed by atoms with Crippen LogP contribution >= 0.6 is 12.6 Å². The number of hydrogen-bond donors (Lipinski definition) is 0. The van der Waals surface area contributed by atoms with Gasteiger partial charge >= 0.3 is 0 Å². The molecule has 0 bridgehead atoms. The number of rotatable bonds is 6. The summed E-state index contributed by atoms with van der Waals surface area (Å²) in [5.41, 5.74) is 1.43. The first kappa shape index (κ1) is 11.5. The van der Waals surface area contributed by atoms with E-state index in [0.29, 0.717) is 0 Å². The third-order valence-corrected chi connectivity index (χ3v) is 2.76. The molecule has 0 aliphatic carbocycles. The number of hydrogen-bond acceptors (Lipinski definition) is 0. The third-order valence-electron chi connectivity index (χ3n) is 2.49. The minimum Gasteiger partial charge on any atom is -0.0801 e. The summed E-state index contributed by atoms with van der Waals surface area (Å²) in [6, 6.07) is 8.36. The van der Waals surface area contributed by atoms with Crippen LogP contribution in [0.2, 0.25) is 0 Å². The topological polar surface area (TPSA) is 0 Å². The average molecular weight is 207 g/mol. The van der Waals surface area contributed by atoms with Crippen LogP contribution in [0.3, 0.4) is 0 Å². The van der Waals surface area contributed by atoms with Crippen LogP contribution in [0.5, 0.6) is 0 Å². The van der Waals surface area contributed by atoms with E-state index in [2.05, 4.69) is 19.1 Å². The van der Waals surface area contributed by atoms with Crippen molar-refractivity contribution < 1.29 is 0 Å². The summed E-state index contributed by atoms with van der Waals surface area (Å²) in [6.07, 6.45) is 7.98. The minimum absolute atomic E-state index is 0.944. The summed E-state index contributed by atoms with van der Waals surface area (Å²) in [6.45, 7) is 2.25. The van der Waals surface area contributed by atoms with Gasteiger partial charge in [-0.3, -0.25) is 0 Å². The Hall–Kier alpha value is -0.560. The molecule has 0 fully saturated rings. The maximum absolute atomic E-state index is 5.04. The van der Waals surface area contributed by atoms with Gasteiger partial charge in [0, 0.05) is 4.90 Å². The van der Waals surface area contributed by atoms with Crippen molar-refractivity contribution in [2.45, 2.75) is 50.3 Å². The molecule has 0 N–H and O–H groups in total. The van der Waals surface area contributed by atoms with E-state index in [-0.39, 0.29) is 0 Å². The van der Waals surface area contributed by atoms with Crippen LogP contribution in [0.4, 0.5) is 0 Å². The molecule has 0 nitrogen and oxygen atoms in total. The first-order chi connectivity index (χ1) is 6.83. The van der Waals surface area contributed by atoms with Crippen LogP contribution in [-0.4, -0.2) is 0 Å². The van der Waals surface area contributed by atoms with Gasteiger partial charge in [0.1, 0.15) is 0 Å². The van der Waals surface area contributed by atoms with Crippen molar-refractivity contribution in [1.29, 1.82) is 0 Å². The highest BCUT2D eigenvalue weighted by Gasteiger charge is 1.93. The lowest BCUT2D eigenvalue weighted by Gasteiger charge is -2.01. The van der Waals surface area contributed by atoms with Gasteiger partial charge in [0.25, 0.3) is 0 Å². The molecule has 0 unspecified atom stereocenters. The summed E-state index contributed by atoms with van der Waals surface area (Å²) in [7, 11) is 0. The molecule has 0 atom stereocenters. The van der Waals surface area contributed by atoms with Crippen LogP contribution in [0.25, 0.3) is 0 Å². The molecule has 0 amide bonds. The molecule has 0 saturated carbocycles. The quantitative estimate of drug-likeness (QED) is 0.590. The molecule has 1 rings (SSSR count). The van der Waals surface area contributed by atoms with Gasteiger partial charge in [-0.1, -0.05) is 57.4 Å². The summed E-state index contributed by atoms with van der Waals surface area (Å²) in [5, 5.41) is 0. The molecule has 0 aromatic heterocycles. The predicted molar refractivity (Wildman–Crippen MR) is 64.8 cm³/mol. The molecule has 77 valence electrons. The van der Waals surface area contributed by atoms with Crippen molar-refractivity contribution in [3.8, 4) is 0 Å². The largest absolute Gasteiger partial charge is 0.0801 e. The van der Waals surface area contributed by atoms with Gasteiger partial charge in [-0.2, -0.15) is 0 Å². The van der Waals surface area contributed by atoms with E-state index in [9.17, 15) is 0 Å². The lowest BCUT2D eigenvalue weighted by molar-refractivity contribution is 0.632. The second kappa shape index (κ2) is 6.83. The molecule has 1 aromatic rings. The van der Waals surface area contributed by atoms with Gasteiger partial charge in [-0.25, -0.2) is 0 Å². The Bertz CT molecular complexity index is 238. The van der Waals surface area contributed by atoms with Crippen molar-refractivity contribution >= 4 is 12.6 Å². The fourth-order valence-corrected chi connectivity index (χ4v) is 1.72. The first-order valence-electron chi connectivity index (χ1n) is 5.59. The lowest BCUT2D eigenvalue weighted by Crippen LogP contribution is -1.85. The highest BCUT2D eigenvalue weighted by Crippen LogP contribution is 2.11. The smallest absolute Gasteiger partial charge is 0.0377 e. The van der Waals surface area contributed by atoms with Gasteiger partial charge in [-0.05, 0) is 30.5 Å². The fraction of sp³-hybridized carbons (Fsp3) is 0.538. The second-order valence-corrected chi connectivity index (χ2v) is 4.28. The normalized spacial score (nSPS) is 10.4. The maximum atomic E-state index is 5.04. The lowest BCUT2D eigenvalue weighted by atomic mass is 10.1. The van der Waals surface area contributed by atoms with E-state index in [1.54, 1.807) is 0 Å². The van der Waals surface area contributed by atoms with E-state index >= 15 is 0 Å². The molecule has 0 spiro atoms. The van der Waals surface area contributed by atoms with Gasteiger partial charge in [-0.15, -0.1) is 0 Å². The van der Waals surface area contributed by atoms with E-state index < -0.39 is 0 Å². The Morgan fingerprint density at radius 1 is 0.929 bits per heavy atom. The van der Waals surface area contributed by atoms with Crippen LogP contribution in [0, 0.1) is 0 Å². The van der Waals surface area contributed by atoms with E-state index in [1.165, 1.54) is 44.1 Å². The van der Waals surface area contributed by atoms with Crippen LogP contribution < -0.4 is 0 Å². The zero-order valence-electron chi connectivity index (χ0n) is 8.96. The summed E-state index contributed by atoms with van der Waals surface area (Å²) < 4.78 is 0. The van der Waals surface area contributed by atoms with Gasteiger partial charge in [0.15, 0.2) is 0 Å². The Morgan fingerprint density at radius 2 is 1.57 bits per heavy atom. The number of unbranched alkanes of at least 4 members (excludes halogenated alkanes) is 4. The van der Waals surface area contributed by atoms with Crippen LogP contribution in [0.15, 0.2) is 29.2 Å². The minimum atomic E-state index is 0.944. The highest BCUT2D eigenvalue weighted by molar-refractivity contribution is 7.80. The Labute approximate surface area is 93.1 Å². The van der Waals surface area contributed by atoms with Crippen molar-refractivity contribution in [3.05, 3.63) is 29.8 Å². The van der Waals surface area contributed by atoms with Crippen molar-refractivity contribution in [1.82, 2.24) is 0 Å². The average Bonchev–Trinajstić information content (AvgIpc) is 2.21. The zero-order valence-corrected chi connectivity index (χ0v) is 9.78. The SMILES string of the molecule is CCCCCCCc1ccc([S])cc1. The maximum Gasteiger partial charge on any atom is 0.0377 e. The molecule has 1 radical (unpaired) electrons. The predicted octanol–water partition coefficient (Wildman–Crippen LogP) is 4.76. The number of aryl methyl sites for hydroxylation is 1. The summed E-state index contributed by atoms with van der Waals surface area (Å²) in [4.78, 5) is 0.944. The molecular formula is C13H19S. The molecule has 0 aliphatic rings. The standard InChI is InChI=1S/C13H19S/c1-2-3-4-5-6-7-12-8-10-13(14)11-9-12/h8-11H,2-7H2,1H3. The van der Waals surface area contributed by atoms with E-state index in [1.807, 2.05) is 12.1 Å². The van der Waals surface area contributed by atoms with Gasteiger partial charge < -0.3 is 0 Å². The molecule has 1 heteroatoms. The van der Waals surface area contributed by atoms with Crippen molar-refractivity contribution in [3.63, 3.8) is 0 Å². The zero-order chi connectivity index (χ0) is 10.2. The molecule has 0 heterocycles. The first-order valence-corrected chi connectivity index (χ1v) is 5.99. The van der Waals surface area contributed by atoms with E-state index in [4.69, 9.17) is 12.6 Å². The Morgan fingerprint density at radius 3 is 2.21 bits per heavy atom. The molecule has 1 aromatic carbocycles. The van der Waals surface area contributed by atoms with Gasteiger partial charge in [0.2, 0.25) is 0 Å². The van der Waals surface area contributed by atoms with E-state index in [0.717, 1.165) is 4.90 Å².